The largest absolute Gasteiger partial charge is 0.370 e. The summed E-state index contributed by atoms with van der Waals surface area (Å²) in [6.45, 7) is 3.96. The number of hydrogen-bond acceptors (Lipinski definition) is 5. The first kappa shape index (κ1) is 15.5. The smallest absolute Gasteiger partial charge is 0.165 e. The Labute approximate surface area is 136 Å². The highest BCUT2D eigenvalue weighted by Gasteiger charge is 2.16. The molecule has 0 saturated carbocycles. The number of rotatable bonds is 5. The molecule has 1 N–H and O–H groups in total. The predicted octanol–water partition coefficient (Wildman–Crippen LogP) is 2.07. The Kier molecular flexibility index (Phi) is 4.29. The van der Waals surface area contributed by atoms with Crippen LogP contribution >= 0.6 is 0 Å². The molecule has 7 heteroatoms. The van der Waals surface area contributed by atoms with Crippen molar-refractivity contribution in [2.75, 3.05) is 11.2 Å². The lowest BCUT2D eigenvalue weighted by atomic mass is 10.2. The zero-order chi connectivity index (χ0) is 16.4. The highest BCUT2D eigenvalue weighted by atomic mass is 32.2. The lowest BCUT2D eigenvalue weighted by molar-refractivity contribution is 0.616. The SMILES string of the molecule is CCc1nc2c(C)c(NC[SH](=O)=O)cnc2n1-c1c[c]ccc1. The summed E-state index contributed by atoms with van der Waals surface area (Å²) in [7, 11) is -2.49. The number of imidazole rings is 1. The van der Waals surface area contributed by atoms with Crippen LogP contribution in [-0.2, 0) is 17.1 Å². The molecule has 6 nitrogen and oxygen atoms in total. The van der Waals surface area contributed by atoms with Crippen molar-refractivity contribution in [3.63, 3.8) is 0 Å². The lowest BCUT2D eigenvalue weighted by Gasteiger charge is -2.09. The van der Waals surface area contributed by atoms with E-state index in [1.165, 1.54) is 0 Å². The van der Waals surface area contributed by atoms with Crippen molar-refractivity contribution in [2.45, 2.75) is 20.3 Å². The van der Waals surface area contributed by atoms with Gasteiger partial charge in [0.1, 0.15) is 17.2 Å². The maximum atomic E-state index is 10.8. The molecule has 0 aliphatic heterocycles. The number of hydrogen-bond donors (Lipinski definition) is 2. The molecule has 0 bridgehead atoms. The number of benzene rings is 1. The minimum absolute atomic E-state index is 0.113. The van der Waals surface area contributed by atoms with Crippen LogP contribution in [0.2, 0.25) is 0 Å². The molecule has 0 saturated heterocycles. The highest BCUT2D eigenvalue weighted by Crippen LogP contribution is 2.26. The second kappa shape index (κ2) is 6.37. The molecule has 3 aromatic rings. The Bertz CT molecular complexity index is 909. The topological polar surface area (TPSA) is 76.9 Å². The van der Waals surface area contributed by atoms with E-state index in [1.807, 2.05) is 42.7 Å². The molecule has 1 radical (unpaired) electrons. The standard InChI is InChI=1S/C16H17N4O2S/c1-3-14-19-15-11(2)13(18-10-23(21)22)9-17-16(15)20(14)12-7-5-4-6-8-12/h4-5,7-9,18,23H,3,10H2,1-2H3. The zero-order valence-corrected chi connectivity index (χ0v) is 13.8. The fraction of sp³-hybridized carbons (Fsp3) is 0.250. The Morgan fingerprint density at radius 2 is 2.22 bits per heavy atom. The van der Waals surface area contributed by atoms with Crippen molar-refractivity contribution in [3.05, 3.63) is 47.9 Å². The zero-order valence-electron chi connectivity index (χ0n) is 12.9. The van der Waals surface area contributed by atoms with E-state index < -0.39 is 10.7 Å². The predicted molar refractivity (Wildman–Crippen MR) is 90.6 cm³/mol. The van der Waals surface area contributed by atoms with Crippen LogP contribution in [0.15, 0.2) is 30.5 Å². The molecule has 0 unspecified atom stereocenters. The number of nitrogens with one attached hydrogen (secondary N) is 1. The second-order valence-corrected chi connectivity index (χ2v) is 6.10. The molecule has 1 aromatic carbocycles. The van der Waals surface area contributed by atoms with E-state index in [0.29, 0.717) is 5.69 Å². The summed E-state index contributed by atoms with van der Waals surface area (Å²) in [6.07, 6.45) is 2.42. The van der Waals surface area contributed by atoms with Crippen LogP contribution in [0.1, 0.15) is 18.3 Å². The highest BCUT2D eigenvalue weighted by molar-refractivity contribution is 7.72. The number of aromatic nitrogens is 3. The molecular weight excluding hydrogens is 312 g/mol. The maximum absolute atomic E-state index is 10.8. The van der Waals surface area contributed by atoms with Gasteiger partial charge in [0.15, 0.2) is 16.4 Å². The van der Waals surface area contributed by atoms with E-state index in [9.17, 15) is 8.42 Å². The van der Waals surface area contributed by atoms with Crippen molar-refractivity contribution in [1.82, 2.24) is 14.5 Å². The molecular formula is C16H17N4O2S. The summed E-state index contributed by atoms with van der Waals surface area (Å²) < 4.78 is 23.5. The van der Waals surface area contributed by atoms with Crippen molar-refractivity contribution in [3.8, 4) is 5.69 Å². The van der Waals surface area contributed by atoms with E-state index in [4.69, 9.17) is 4.98 Å². The molecule has 0 spiro atoms. The van der Waals surface area contributed by atoms with Crippen LogP contribution in [-0.4, -0.2) is 28.8 Å². The van der Waals surface area contributed by atoms with Crippen molar-refractivity contribution >= 4 is 27.6 Å². The molecule has 23 heavy (non-hydrogen) atoms. The summed E-state index contributed by atoms with van der Waals surface area (Å²) >= 11 is 0. The van der Waals surface area contributed by atoms with Gasteiger partial charge in [0.05, 0.1) is 11.9 Å². The van der Waals surface area contributed by atoms with Crippen LogP contribution in [0.5, 0.6) is 0 Å². The van der Waals surface area contributed by atoms with Gasteiger partial charge in [0.25, 0.3) is 0 Å². The second-order valence-electron chi connectivity index (χ2n) is 5.12. The molecule has 0 fully saturated rings. The third-order valence-corrected chi connectivity index (χ3v) is 4.08. The Morgan fingerprint density at radius 1 is 1.39 bits per heavy atom. The molecule has 2 aromatic heterocycles. The molecule has 0 aliphatic rings. The van der Waals surface area contributed by atoms with Crippen molar-refractivity contribution < 1.29 is 8.42 Å². The van der Waals surface area contributed by atoms with E-state index in [0.717, 1.165) is 34.7 Å². The minimum Gasteiger partial charge on any atom is -0.370 e. The first-order chi connectivity index (χ1) is 11.1. The molecule has 2 heterocycles. The number of aryl methyl sites for hydroxylation is 2. The average molecular weight is 329 g/mol. The fourth-order valence-electron chi connectivity index (χ4n) is 2.54. The molecule has 0 atom stereocenters. The number of fused-ring (bicyclic) bond motifs is 1. The van der Waals surface area contributed by atoms with Crippen LogP contribution in [0.25, 0.3) is 16.9 Å². The Hall–Kier alpha value is -2.41. The van der Waals surface area contributed by atoms with Crippen LogP contribution in [0.3, 0.4) is 0 Å². The van der Waals surface area contributed by atoms with E-state index in [-0.39, 0.29) is 5.88 Å². The lowest BCUT2D eigenvalue weighted by Crippen LogP contribution is -2.05. The van der Waals surface area contributed by atoms with E-state index in [1.54, 1.807) is 6.20 Å². The number of nitrogens with zero attached hydrogens (tertiary/aromatic N) is 3. The fourth-order valence-corrected chi connectivity index (χ4v) is 2.84. The summed E-state index contributed by atoms with van der Waals surface area (Å²) in [5.41, 5.74) is 4.07. The van der Waals surface area contributed by atoms with Gasteiger partial charge in [-0.1, -0.05) is 19.1 Å². The summed E-state index contributed by atoms with van der Waals surface area (Å²) in [4.78, 5) is 9.18. The molecule has 119 valence electrons. The maximum Gasteiger partial charge on any atom is 0.165 e. The van der Waals surface area contributed by atoms with E-state index >= 15 is 0 Å². The summed E-state index contributed by atoms with van der Waals surface area (Å²) in [5.74, 6) is 0.792. The average Bonchev–Trinajstić information content (AvgIpc) is 2.94. The monoisotopic (exact) mass is 329 g/mol. The van der Waals surface area contributed by atoms with Crippen LogP contribution < -0.4 is 5.32 Å². The molecule has 3 rings (SSSR count). The third kappa shape index (κ3) is 2.92. The first-order valence-corrected chi connectivity index (χ1v) is 8.67. The first-order valence-electron chi connectivity index (χ1n) is 7.31. The Balaban J connectivity index is 2.17. The number of thiol groups is 1. The molecule has 0 amide bonds. The summed E-state index contributed by atoms with van der Waals surface area (Å²) in [5, 5.41) is 2.88. The van der Waals surface area contributed by atoms with Gasteiger partial charge in [-0.2, -0.15) is 0 Å². The molecule has 0 aliphatic carbocycles. The normalized spacial score (nSPS) is 11.3. The van der Waals surface area contributed by atoms with Gasteiger partial charge >= 0.3 is 0 Å². The summed E-state index contributed by atoms with van der Waals surface area (Å²) in [6, 6.07) is 10.7. The van der Waals surface area contributed by atoms with E-state index in [2.05, 4.69) is 16.4 Å². The van der Waals surface area contributed by atoms with Gasteiger partial charge in [0.2, 0.25) is 0 Å². The number of anilines is 1. The Morgan fingerprint density at radius 3 is 2.87 bits per heavy atom. The van der Waals surface area contributed by atoms with Gasteiger partial charge in [-0.3, -0.25) is 4.57 Å². The van der Waals surface area contributed by atoms with Crippen LogP contribution in [0, 0.1) is 13.0 Å². The number of pyridine rings is 1. The van der Waals surface area contributed by atoms with Crippen molar-refractivity contribution in [1.29, 1.82) is 0 Å². The van der Waals surface area contributed by atoms with Crippen LogP contribution in [0.4, 0.5) is 5.69 Å². The van der Waals surface area contributed by atoms with Crippen molar-refractivity contribution in [2.24, 2.45) is 0 Å². The third-order valence-electron chi connectivity index (χ3n) is 3.66. The quantitative estimate of drug-likeness (QED) is 0.701. The van der Waals surface area contributed by atoms with Gasteiger partial charge in [0, 0.05) is 17.7 Å². The van der Waals surface area contributed by atoms with Gasteiger partial charge in [-0.05, 0) is 25.1 Å². The van der Waals surface area contributed by atoms with Gasteiger partial charge in [-0.15, -0.1) is 0 Å². The minimum atomic E-state index is -2.49. The van der Waals surface area contributed by atoms with Gasteiger partial charge in [-0.25, -0.2) is 18.4 Å². The van der Waals surface area contributed by atoms with Gasteiger partial charge < -0.3 is 5.32 Å².